The lowest BCUT2D eigenvalue weighted by atomic mass is 10.1. The molecule has 0 aliphatic carbocycles. The van der Waals surface area contributed by atoms with Gasteiger partial charge in [-0.25, -0.2) is 0 Å². The monoisotopic (exact) mass is 284 g/mol. The minimum Gasteiger partial charge on any atom is -0.490 e. The highest BCUT2D eigenvalue weighted by Gasteiger charge is 2.47. The largest absolute Gasteiger partial charge is 0.490 e. The Labute approximate surface area is 126 Å². The second-order valence-electron chi connectivity index (χ2n) is 6.19. The number of likely N-dealkylation sites (N-methyl/N-ethyl adjacent to an activating group) is 1. The molecular weight excluding hydrogens is 262 g/mol. The Morgan fingerprint density at radius 1 is 1.05 bits per heavy atom. The van der Waals surface area contributed by atoms with E-state index in [1.807, 2.05) is 36.4 Å². The third-order valence-corrected chi connectivity index (χ3v) is 4.34. The van der Waals surface area contributed by atoms with Crippen molar-refractivity contribution in [3.05, 3.63) is 60.7 Å². The van der Waals surface area contributed by atoms with E-state index in [1.165, 1.54) is 5.69 Å². The van der Waals surface area contributed by atoms with Crippen LogP contribution in [0.25, 0.3) is 0 Å². The number of hydrogen-bond acceptors (Lipinski definition) is 2. The van der Waals surface area contributed by atoms with E-state index >= 15 is 0 Å². The van der Waals surface area contributed by atoms with Crippen LogP contribution in [0.1, 0.15) is 6.42 Å². The summed E-state index contributed by atoms with van der Waals surface area (Å²) >= 11 is 0. The summed E-state index contributed by atoms with van der Waals surface area (Å²) in [5, 5.41) is 10.8. The van der Waals surface area contributed by atoms with Crippen LogP contribution in [0.5, 0.6) is 5.75 Å². The van der Waals surface area contributed by atoms with Gasteiger partial charge in [-0.05, 0) is 24.3 Å². The summed E-state index contributed by atoms with van der Waals surface area (Å²) in [5.74, 6) is 0.812. The smallest absolute Gasteiger partial charge is 0.153 e. The molecule has 0 amide bonds. The molecule has 0 bridgehead atoms. The predicted octanol–water partition coefficient (Wildman–Crippen LogP) is 2.84. The van der Waals surface area contributed by atoms with Gasteiger partial charge in [0.15, 0.2) is 5.60 Å². The Morgan fingerprint density at radius 3 is 2.33 bits per heavy atom. The van der Waals surface area contributed by atoms with E-state index in [-0.39, 0.29) is 0 Å². The van der Waals surface area contributed by atoms with Crippen LogP contribution >= 0.6 is 0 Å². The molecule has 2 aromatic carbocycles. The molecule has 1 N–H and O–H groups in total. The summed E-state index contributed by atoms with van der Waals surface area (Å²) in [6.45, 7) is 1.96. The number of para-hydroxylation sites is 2. The lowest BCUT2D eigenvalue weighted by Gasteiger charge is -2.30. The molecule has 3 rings (SSSR count). The van der Waals surface area contributed by atoms with Crippen molar-refractivity contribution in [1.29, 1.82) is 0 Å². The fourth-order valence-electron chi connectivity index (χ4n) is 3.12. The predicted molar refractivity (Wildman–Crippen MR) is 85.4 cm³/mol. The average Bonchev–Trinajstić information content (AvgIpc) is 2.85. The van der Waals surface area contributed by atoms with Crippen molar-refractivity contribution in [2.75, 3.05) is 26.7 Å². The third-order valence-electron chi connectivity index (χ3n) is 4.34. The number of nitrogens with zero attached hydrogens (tertiary/aromatic N) is 1. The van der Waals surface area contributed by atoms with Gasteiger partial charge in [0.25, 0.3) is 0 Å². The van der Waals surface area contributed by atoms with E-state index < -0.39 is 5.60 Å². The lowest BCUT2D eigenvalue weighted by molar-refractivity contribution is 0.00619. The number of aliphatic hydroxyl groups is 1. The van der Waals surface area contributed by atoms with Crippen molar-refractivity contribution in [3.63, 3.8) is 0 Å². The fourth-order valence-corrected chi connectivity index (χ4v) is 3.12. The Morgan fingerprint density at radius 2 is 1.67 bits per heavy atom. The molecule has 110 valence electrons. The van der Waals surface area contributed by atoms with Crippen molar-refractivity contribution < 1.29 is 9.84 Å². The Bertz CT molecular complexity index is 587. The highest BCUT2D eigenvalue weighted by Crippen LogP contribution is 2.32. The Balaban J connectivity index is 1.68. The minimum absolute atomic E-state index is 0.345. The molecule has 2 atom stereocenters. The van der Waals surface area contributed by atoms with Crippen LogP contribution in [0.4, 0.5) is 5.69 Å². The zero-order chi connectivity index (χ0) is 14.8. The molecule has 1 aliphatic heterocycles. The highest BCUT2D eigenvalue weighted by atomic mass is 16.5. The standard InChI is InChI=1S/C18H22NO2/c1-19(16-8-4-2-5-9-16)13-12-18(20,14-19)15-21-17-10-6-3-7-11-17/h2-11,20H,12-15H2,1H3/q+1. The number of hydrogen-bond donors (Lipinski definition) is 1. The Kier molecular flexibility index (Phi) is 3.70. The van der Waals surface area contributed by atoms with Gasteiger partial charge in [0, 0.05) is 6.42 Å². The van der Waals surface area contributed by atoms with Crippen molar-refractivity contribution in [2.45, 2.75) is 12.0 Å². The Hall–Kier alpha value is -1.84. The highest BCUT2D eigenvalue weighted by molar-refractivity contribution is 5.43. The fraction of sp³-hybridized carbons (Fsp3) is 0.333. The maximum Gasteiger partial charge on any atom is 0.153 e. The number of ether oxygens (including phenoxy) is 1. The zero-order valence-electron chi connectivity index (χ0n) is 12.4. The second kappa shape index (κ2) is 5.51. The lowest BCUT2D eigenvalue weighted by Crippen LogP contribution is -2.48. The molecular formula is C18H22NO2+. The van der Waals surface area contributed by atoms with E-state index in [2.05, 4.69) is 31.3 Å². The number of quaternary nitrogens is 1. The van der Waals surface area contributed by atoms with Crippen LogP contribution in [0.3, 0.4) is 0 Å². The van der Waals surface area contributed by atoms with Crippen LogP contribution in [0, 0.1) is 0 Å². The summed E-state index contributed by atoms with van der Waals surface area (Å²) in [7, 11) is 2.18. The first kappa shape index (κ1) is 14.1. The van der Waals surface area contributed by atoms with Crippen molar-refractivity contribution in [1.82, 2.24) is 4.48 Å². The number of benzene rings is 2. The van der Waals surface area contributed by atoms with E-state index in [0.29, 0.717) is 13.2 Å². The topological polar surface area (TPSA) is 29.5 Å². The maximum atomic E-state index is 10.8. The van der Waals surface area contributed by atoms with Crippen molar-refractivity contribution >= 4 is 5.69 Å². The molecule has 1 saturated heterocycles. The summed E-state index contributed by atoms with van der Waals surface area (Å²) in [6.07, 6.45) is 0.755. The van der Waals surface area contributed by atoms with Crippen molar-refractivity contribution in [3.8, 4) is 5.75 Å². The molecule has 0 saturated carbocycles. The van der Waals surface area contributed by atoms with E-state index in [4.69, 9.17) is 4.74 Å². The zero-order valence-corrected chi connectivity index (χ0v) is 12.4. The second-order valence-corrected chi connectivity index (χ2v) is 6.19. The van der Waals surface area contributed by atoms with Crippen LogP contribution in [-0.2, 0) is 0 Å². The summed E-state index contributed by atoms with van der Waals surface area (Å²) in [4.78, 5) is 0. The van der Waals surface area contributed by atoms with Gasteiger partial charge in [-0.1, -0.05) is 36.4 Å². The average molecular weight is 284 g/mol. The molecule has 0 aromatic heterocycles. The summed E-state index contributed by atoms with van der Waals surface area (Å²) in [6, 6.07) is 20.1. The van der Waals surface area contributed by atoms with Gasteiger partial charge >= 0.3 is 0 Å². The number of likely N-dealkylation sites (tertiary alicyclic amines) is 1. The molecule has 21 heavy (non-hydrogen) atoms. The van der Waals surface area contributed by atoms with Gasteiger partial charge in [0.1, 0.15) is 24.6 Å². The number of rotatable bonds is 4. The van der Waals surface area contributed by atoms with Gasteiger partial charge in [-0.3, -0.25) is 4.48 Å². The van der Waals surface area contributed by atoms with Gasteiger partial charge in [0.2, 0.25) is 0 Å². The molecule has 2 aromatic rings. The van der Waals surface area contributed by atoms with Gasteiger partial charge in [-0.2, -0.15) is 0 Å². The maximum absolute atomic E-state index is 10.8. The molecule has 3 heteroatoms. The van der Waals surface area contributed by atoms with E-state index in [1.54, 1.807) is 0 Å². The molecule has 1 heterocycles. The molecule has 2 unspecified atom stereocenters. The van der Waals surface area contributed by atoms with E-state index in [0.717, 1.165) is 23.2 Å². The first-order valence-corrected chi connectivity index (χ1v) is 7.40. The molecule has 1 fully saturated rings. The third kappa shape index (κ3) is 3.09. The van der Waals surface area contributed by atoms with Crippen LogP contribution in [0.2, 0.25) is 0 Å². The quantitative estimate of drug-likeness (QED) is 0.875. The van der Waals surface area contributed by atoms with Crippen LogP contribution in [0.15, 0.2) is 60.7 Å². The van der Waals surface area contributed by atoms with Gasteiger partial charge in [-0.15, -0.1) is 0 Å². The van der Waals surface area contributed by atoms with E-state index in [9.17, 15) is 5.11 Å². The SMILES string of the molecule is C[N+]1(c2ccccc2)CCC(O)(COc2ccccc2)C1. The van der Waals surface area contributed by atoms with Crippen molar-refractivity contribution in [2.24, 2.45) is 0 Å². The normalized spacial score (nSPS) is 28.5. The van der Waals surface area contributed by atoms with Crippen LogP contribution in [-0.4, -0.2) is 37.5 Å². The van der Waals surface area contributed by atoms with Gasteiger partial charge < -0.3 is 9.84 Å². The first-order chi connectivity index (χ1) is 10.1. The molecule has 0 radical (unpaired) electrons. The van der Waals surface area contributed by atoms with Crippen LogP contribution < -0.4 is 9.22 Å². The summed E-state index contributed by atoms with van der Waals surface area (Å²) < 4.78 is 6.52. The first-order valence-electron chi connectivity index (χ1n) is 7.40. The molecule has 0 spiro atoms. The minimum atomic E-state index is -0.763. The molecule has 1 aliphatic rings. The van der Waals surface area contributed by atoms with Gasteiger partial charge in [0.05, 0.1) is 13.6 Å². The summed E-state index contributed by atoms with van der Waals surface area (Å²) in [5.41, 5.74) is 0.480. The molecule has 3 nitrogen and oxygen atoms in total.